The second kappa shape index (κ2) is 12.4. The van der Waals surface area contributed by atoms with Gasteiger partial charge < -0.3 is 20.1 Å². The van der Waals surface area contributed by atoms with Crippen LogP contribution in [0.1, 0.15) is 11.1 Å². The quantitative estimate of drug-likeness (QED) is 0.341. The lowest BCUT2D eigenvalue weighted by Gasteiger charge is -2.14. The van der Waals surface area contributed by atoms with E-state index in [0.717, 1.165) is 35.5 Å². The van der Waals surface area contributed by atoms with Crippen LogP contribution in [0.3, 0.4) is 0 Å². The van der Waals surface area contributed by atoms with Gasteiger partial charge in [0.2, 0.25) is 0 Å². The molecule has 0 atom stereocenters. The molecular formula is C20H27FIN3O2. The summed E-state index contributed by atoms with van der Waals surface area (Å²) in [6.45, 7) is 1.37. The Balaban J connectivity index is 0.00000364. The van der Waals surface area contributed by atoms with Gasteiger partial charge in [-0.3, -0.25) is 4.99 Å². The van der Waals surface area contributed by atoms with Crippen molar-refractivity contribution in [3.05, 3.63) is 59.4 Å². The normalized spacial score (nSPS) is 10.7. The number of guanidine groups is 1. The lowest BCUT2D eigenvalue weighted by molar-refractivity contribution is 0.398. The molecular weight excluding hydrogens is 460 g/mol. The molecule has 0 unspecified atom stereocenters. The number of hydrogen-bond acceptors (Lipinski definition) is 3. The molecule has 0 radical (unpaired) electrons. The summed E-state index contributed by atoms with van der Waals surface area (Å²) in [5.41, 5.74) is 2.02. The molecule has 7 heteroatoms. The van der Waals surface area contributed by atoms with Crippen LogP contribution in [0.25, 0.3) is 0 Å². The van der Waals surface area contributed by atoms with Gasteiger partial charge in [0.05, 0.1) is 14.2 Å². The molecule has 5 nitrogen and oxygen atoms in total. The Hall–Kier alpha value is -2.03. The highest BCUT2D eigenvalue weighted by Crippen LogP contribution is 2.24. The molecule has 0 aliphatic rings. The van der Waals surface area contributed by atoms with E-state index in [1.54, 1.807) is 33.4 Å². The minimum absolute atomic E-state index is 0. The smallest absolute Gasteiger partial charge is 0.190 e. The molecule has 0 amide bonds. The van der Waals surface area contributed by atoms with Gasteiger partial charge in [-0.2, -0.15) is 0 Å². The van der Waals surface area contributed by atoms with Crippen LogP contribution in [0.2, 0.25) is 0 Å². The first-order chi connectivity index (χ1) is 12.7. The minimum atomic E-state index is -0.211. The molecule has 148 valence electrons. The van der Waals surface area contributed by atoms with Gasteiger partial charge in [0.1, 0.15) is 17.3 Å². The molecule has 0 aliphatic carbocycles. The van der Waals surface area contributed by atoms with E-state index in [0.29, 0.717) is 19.0 Å². The second-order valence-electron chi connectivity index (χ2n) is 5.73. The summed E-state index contributed by atoms with van der Waals surface area (Å²) >= 11 is 0. The number of methoxy groups -OCH3 is 2. The first-order valence-electron chi connectivity index (χ1n) is 8.56. The van der Waals surface area contributed by atoms with Gasteiger partial charge >= 0.3 is 0 Å². The van der Waals surface area contributed by atoms with Crippen molar-refractivity contribution in [1.82, 2.24) is 10.6 Å². The van der Waals surface area contributed by atoms with E-state index in [1.165, 1.54) is 6.07 Å². The monoisotopic (exact) mass is 487 g/mol. The first-order valence-corrected chi connectivity index (χ1v) is 8.56. The predicted molar refractivity (Wildman–Crippen MR) is 118 cm³/mol. The summed E-state index contributed by atoms with van der Waals surface area (Å²) < 4.78 is 23.8. The number of benzene rings is 2. The number of rotatable bonds is 8. The van der Waals surface area contributed by atoms with Gasteiger partial charge in [0, 0.05) is 20.1 Å². The largest absolute Gasteiger partial charge is 0.497 e. The van der Waals surface area contributed by atoms with Crippen molar-refractivity contribution >= 4 is 29.9 Å². The molecule has 0 aliphatic heterocycles. The zero-order valence-corrected chi connectivity index (χ0v) is 18.3. The molecule has 2 N–H and O–H groups in total. The lowest BCUT2D eigenvalue weighted by Crippen LogP contribution is -2.39. The third kappa shape index (κ3) is 7.62. The molecule has 2 aromatic carbocycles. The Morgan fingerprint density at radius 1 is 1.00 bits per heavy atom. The molecule has 0 saturated carbocycles. The Labute approximate surface area is 177 Å². The Morgan fingerprint density at radius 2 is 1.74 bits per heavy atom. The third-order valence-electron chi connectivity index (χ3n) is 3.99. The third-order valence-corrected chi connectivity index (χ3v) is 3.99. The van der Waals surface area contributed by atoms with Gasteiger partial charge in [-0.05, 0) is 54.3 Å². The van der Waals surface area contributed by atoms with E-state index < -0.39 is 0 Å². The van der Waals surface area contributed by atoms with Crippen molar-refractivity contribution in [2.45, 2.75) is 12.8 Å². The molecule has 0 aromatic heterocycles. The molecule has 2 rings (SSSR count). The van der Waals surface area contributed by atoms with Gasteiger partial charge in [0.25, 0.3) is 0 Å². The molecule has 0 fully saturated rings. The van der Waals surface area contributed by atoms with Gasteiger partial charge in [-0.1, -0.05) is 12.1 Å². The molecule has 2 aromatic rings. The van der Waals surface area contributed by atoms with Gasteiger partial charge in [0.15, 0.2) is 5.96 Å². The molecule has 27 heavy (non-hydrogen) atoms. The second-order valence-corrected chi connectivity index (χ2v) is 5.73. The van der Waals surface area contributed by atoms with Crippen molar-refractivity contribution in [2.24, 2.45) is 4.99 Å². The number of aliphatic imine (C=N–C) groups is 1. The van der Waals surface area contributed by atoms with E-state index in [1.807, 2.05) is 24.3 Å². The van der Waals surface area contributed by atoms with E-state index >= 15 is 0 Å². The van der Waals surface area contributed by atoms with Gasteiger partial charge in [-0.25, -0.2) is 4.39 Å². The lowest BCUT2D eigenvalue weighted by atomic mass is 10.1. The van der Waals surface area contributed by atoms with Crippen molar-refractivity contribution in [3.8, 4) is 11.5 Å². The molecule has 0 spiro atoms. The zero-order chi connectivity index (χ0) is 18.8. The number of halogens is 2. The summed E-state index contributed by atoms with van der Waals surface area (Å²) in [4.78, 5) is 4.21. The SMILES string of the molecule is CN=C(NCCc1cccc(F)c1)NCCc1cc(OC)ccc1OC.I. The van der Waals surface area contributed by atoms with E-state index in [2.05, 4.69) is 15.6 Å². The number of ether oxygens (including phenoxy) is 2. The average molecular weight is 487 g/mol. The summed E-state index contributed by atoms with van der Waals surface area (Å²) in [6, 6.07) is 12.4. The summed E-state index contributed by atoms with van der Waals surface area (Å²) in [5, 5.41) is 6.51. The van der Waals surface area contributed by atoms with E-state index in [9.17, 15) is 4.39 Å². The van der Waals surface area contributed by atoms with Gasteiger partial charge in [-0.15, -0.1) is 24.0 Å². The zero-order valence-electron chi connectivity index (χ0n) is 15.9. The van der Waals surface area contributed by atoms with Crippen molar-refractivity contribution < 1.29 is 13.9 Å². The van der Waals surface area contributed by atoms with Crippen LogP contribution in [0.5, 0.6) is 11.5 Å². The Morgan fingerprint density at radius 3 is 2.37 bits per heavy atom. The summed E-state index contributed by atoms with van der Waals surface area (Å²) in [7, 11) is 5.03. The van der Waals surface area contributed by atoms with Crippen molar-refractivity contribution in [2.75, 3.05) is 34.4 Å². The maximum absolute atomic E-state index is 13.2. The summed E-state index contributed by atoms with van der Waals surface area (Å²) in [5.74, 6) is 2.14. The van der Waals surface area contributed by atoms with Crippen LogP contribution >= 0.6 is 24.0 Å². The van der Waals surface area contributed by atoms with Crippen LogP contribution in [-0.4, -0.2) is 40.3 Å². The number of nitrogens with zero attached hydrogens (tertiary/aromatic N) is 1. The van der Waals surface area contributed by atoms with E-state index in [-0.39, 0.29) is 29.8 Å². The fourth-order valence-corrected chi connectivity index (χ4v) is 2.63. The highest BCUT2D eigenvalue weighted by Gasteiger charge is 2.06. The van der Waals surface area contributed by atoms with Crippen molar-refractivity contribution in [3.63, 3.8) is 0 Å². The number of hydrogen-bond donors (Lipinski definition) is 2. The molecule has 0 saturated heterocycles. The minimum Gasteiger partial charge on any atom is -0.497 e. The Bertz CT molecular complexity index is 741. The van der Waals surface area contributed by atoms with Crippen LogP contribution in [0.15, 0.2) is 47.5 Å². The van der Waals surface area contributed by atoms with Crippen LogP contribution in [-0.2, 0) is 12.8 Å². The molecule has 0 heterocycles. The van der Waals surface area contributed by atoms with E-state index in [4.69, 9.17) is 9.47 Å². The Kier molecular flexibility index (Phi) is 10.5. The van der Waals surface area contributed by atoms with Crippen LogP contribution in [0, 0.1) is 5.82 Å². The number of nitrogens with one attached hydrogen (secondary N) is 2. The first kappa shape index (κ1) is 23.0. The highest BCUT2D eigenvalue weighted by atomic mass is 127. The topological polar surface area (TPSA) is 54.9 Å². The van der Waals surface area contributed by atoms with Crippen LogP contribution in [0.4, 0.5) is 4.39 Å². The van der Waals surface area contributed by atoms with Crippen molar-refractivity contribution in [1.29, 1.82) is 0 Å². The maximum atomic E-state index is 13.2. The average Bonchev–Trinajstić information content (AvgIpc) is 2.66. The standard InChI is InChI=1S/C20H26FN3O2.HI/c1-22-20(23-11-9-15-5-4-6-17(21)13-15)24-12-10-16-14-18(25-2)7-8-19(16)26-3;/h4-8,13-14H,9-12H2,1-3H3,(H2,22,23,24);1H. The fraction of sp³-hybridized carbons (Fsp3) is 0.350. The maximum Gasteiger partial charge on any atom is 0.190 e. The highest BCUT2D eigenvalue weighted by molar-refractivity contribution is 14.0. The van der Waals surface area contributed by atoms with Crippen LogP contribution < -0.4 is 20.1 Å². The predicted octanol–water partition coefficient (Wildman–Crippen LogP) is 3.41. The fourth-order valence-electron chi connectivity index (χ4n) is 2.63. The molecule has 0 bridgehead atoms. The summed E-state index contributed by atoms with van der Waals surface area (Å²) in [6.07, 6.45) is 1.49.